The van der Waals surface area contributed by atoms with Crippen LogP contribution in [-0.4, -0.2) is 46.7 Å². The second-order valence-electron chi connectivity index (χ2n) is 5.43. The van der Waals surface area contributed by atoms with E-state index in [4.69, 9.17) is 5.11 Å². The molecule has 0 heterocycles. The van der Waals surface area contributed by atoms with Gasteiger partial charge in [-0.3, -0.25) is 9.59 Å². The first kappa shape index (κ1) is 16.0. The van der Waals surface area contributed by atoms with Gasteiger partial charge >= 0.3 is 5.97 Å². The number of rotatable bonds is 8. The first-order valence-electron chi connectivity index (χ1n) is 7.18. The van der Waals surface area contributed by atoms with Gasteiger partial charge in [0.05, 0.1) is 12.0 Å². The van der Waals surface area contributed by atoms with Crippen LogP contribution in [0, 0.1) is 5.41 Å². The molecule has 0 atom stereocenters. The second kappa shape index (κ2) is 7.48. The van der Waals surface area contributed by atoms with E-state index in [0.717, 1.165) is 25.7 Å². The summed E-state index contributed by atoms with van der Waals surface area (Å²) in [7, 11) is 0. The fourth-order valence-corrected chi connectivity index (χ4v) is 2.75. The minimum Gasteiger partial charge on any atom is -0.481 e. The van der Waals surface area contributed by atoms with Crippen molar-refractivity contribution in [3.8, 4) is 0 Å². The average Bonchev–Trinajstić information content (AvgIpc) is 2.84. The number of hydrogen-bond acceptors (Lipinski definition) is 3. The van der Waals surface area contributed by atoms with Gasteiger partial charge in [0.15, 0.2) is 0 Å². The van der Waals surface area contributed by atoms with E-state index in [1.165, 1.54) is 0 Å². The molecule has 1 aliphatic carbocycles. The summed E-state index contributed by atoms with van der Waals surface area (Å²) in [5, 5.41) is 18.4. The molecule has 0 aliphatic heterocycles. The van der Waals surface area contributed by atoms with Gasteiger partial charge in [0.2, 0.25) is 5.91 Å². The topological polar surface area (TPSA) is 77.8 Å². The van der Waals surface area contributed by atoms with Crippen molar-refractivity contribution in [2.75, 3.05) is 19.7 Å². The molecule has 5 heteroatoms. The third-order valence-corrected chi connectivity index (χ3v) is 4.01. The van der Waals surface area contributed by atoms with Crippen LogP contribution in [0.5, 0.6) is 0 Å². The molecular weight excluding hydrogens is 246 g/mol. The summed E-state index contributed by atoms with van der Waals surface area (Å²) in [5.41, 5.74) is -0.864. The summed E-state index contributed by atoms with van der Waals surface area (Å²) < 4.78 is 0. The molecule has 1 rings (SSSR count). The van der Waals surface area contributed by atoms with E-state index >= 15 is 0 Å². The van der Waals surface area contributed by atoms with Crippen LogP contribution in [0.1, 0.15) is 51.9 Å². The van der Waals surface area contributed by atoms with Crippen LogP contribution in [0.4, 0.5) is 0 Å². The lowest BCUT2D eigenvalue weighted by atomic mass is 9.82. The number of nitrogens with zero attached hydrogens (tertiary/aromatic N) is 1. The Bertz CT molecular complexity index is 311. The van der Waals surface area contributed by atoms with Crippen LogP contribution >= 0.6 is 0 Å². The van der Waals surface area contributed by atoms with E-state index in [-0.39, 0.29) is 18.9 Å². The summed E-state index contributed by atoms with van der Waals surface area (Å²) in [6.07, 6.45) is 4.88. The summed E-state index contributed by atoms with van der Waals surface area (Å²) >= 11 is 0. The van der Waals surface area contributed by atoms with Crippen LogP contribution in [0.25, 0.3) is 0 Å². The van der Waals surface area contributed by atoms with Crippen molar-refractivity contribution in [3.63, 3.8) is 0 Å². The number of aliphatic hydroxyl groups excluding tert-OH is 1. The molecule has 1 aliphatic rings. The smallest absolute Gasteiger partial charge is 0.310 e. The molecule has 0 saturated heterocycles. The number of hydrogen-bond donors (Lipinski definition) is 2. The second-order valence-corrected chi connectivity index (χ2v) is 5.43. The molecule has 19 heavy (non-hydrogen) atoms. The van der Waals surface area contributed by atoms with Crippen molar-refractivity contribution in [2.24, 2.45) is 5.41 Å². The molecule has 1 fully saturated rings. The lowest BCUT2D eigenvalue weighted by Crippen LogP contribution is -2.40. The summed E-state index contributed by atoms with van der Waals surface area (Å²) in [4.78, 5) is 25.3. The summed E-state index contributed by atoms with van der Waals surface area (Å²) in [6, 6.07) is 0. The Balaban J connectivity index is 2.65. The van der Waals surface area contributed by atoms with Crippen molar-refractivity contribution in [2.45, 2.75) is 51.9 Å². The molecule has 1 amide bonds. The van der Waals surface area contributed by atoms with Crippen LogP contribution in [0.15, 0.2) is 0 Å². The van der Waals surface area contributed by atoms with Crippen LogP contribution < -0.4 is 0 Å². The zero-order valence-corrected chi connectivity index (χ0v) is 11.7. The van der Waals surface area contributed by atoms with E-state index in [1.807, 2.05) is 6.92 Å². The fourth-order valence-electron chi connectivity index (χ4n) is 2.75. The maximum Gasteiger partial charge on any atom is 0.310 e. The predicted molar refractivity (Wildman–Crippen MR) is 71.7 cm³/mol. The number of aliphatic hydroxyl groups is 1. The Morgan fingerprint density at radius 3 is 2.32 bits per heavy atom. The van der Waals surface area contributed by atoms with Gasteiger partial charge in [0.25, 0.3) is 0 Å². The molecule has 0 aromatic heterocycles. The van der Waals surface area contributed by atoms with E-state index in [1.54, 1.807) is 4.90 Å². The van der Waals surface area contributed by atoms with Gasteiger partial charge in [-0.05, 0) is 19.3 Å². The normalized spacial score (nSPS) is 17.4. The number of carboxylic acids is 1. The van der Waals surface area contributed by atoms with E-state index in [0.29, 0.717) is 25.9 Å². The SMILES string of the molecule is CCCCN(CCO)C(=O)CC1(C(=O)O)CCCC1. The highest BCUT2D eigenvalue weighted by Crippen LogP contribution is 2.41. The monoisotopic (exact) mass is 271 g/mol. The predicted octanol–water partition coefficient (Wildman–Crippen LogP) is 1.64. The Kier molecular flexibility index (Phi) is 6.28. The van der Waals surface area contributed by atoms with E-state index in [2.05, 4.69) is 0 Å². The lowest BCUT2D eigenvalue weighted by molar-refractivity contribution is -0.153. The molecular formula is C14H25NO4. The van der Waals surface area contributed by atoms with Crippen LogP contribution in [0.3, 0.4) is 0 Å². The van der Waals surface area contributed by atoms with E-state index in [9.17, 15) is 14.7 Å². The molecule has 110 valence electrons. The third-order valence-electron chi connectivity index (χ3n) is 4.01. The molecule has 1 saturated carbocycles. The van der Waals surface area contributed by atoms with Gasteiger partial charge < -0.3 is 15.1 Å². The van der Waals surface area contributed by atoms with Crippen LogP contribution in [-0.2, 0) is 9.59 Å². The highest BCUT2D eigenvalue weighted by molar-refractivity contribution is 5.85. The molecule has 0 unspecified atom stereocenters. The van der Waals surface area contributed by atoms with Crippen molar-refractivity contribution in [1.29, 1.82) is 0 Å². The van der Waals surface area contributed by atoms with Gasteiger partial charge in [-0.1, -0.05) is 26.2 Å². The Hall–Kier alpha value is -1.10. The summed E-state index contributed by atoms with van der Waals surface area (Å²) in [6.45, 7) is 2.87. The minimum atomic E-state index is -0.864. The molecule has 2 N–H and O–H groups in total. The summed E-state index contributed by atoms with van der Waals surface area (Å²) in [5.74, 6) is -0.982. The quantitative estimate of drug-likeness (QED) is 0.703. The molecule has 0 aromatic carbocycles. The van der Waals surface area contributed by atoms with Crippen molar-refractivity contribution in [1.82, 2.24) is 4.90 Å². The molecule has 0 bridgehead atoms. The van der Waals surface area contributed by atoms with Crippen LogP contribution in [0.2, 0.25) is 0 Å². The average molecular weight is 271 g/mol. The zero-order valence-electron chi connectivity index (χ0n) is 11.7. The number of carbonyl (C=O) groups excluding carboxylic acids is 1. The zero-order chi connectivity index (χ0) is 14.3. The van der Waals surface area contributed by atoms with Gasteiger partial charge in [0.1, 0.15) is 0 Å². The van der Waals surface area contributed by atoms with Gasteiger partial charge in [-0.2, -0.15) is 0 Å². The lowest BCUT2D eigenvalue weighted by Gasteiger charge is -2.28. The first-order valence-corrected chi connectivity index (χ1v) is 7.18. The van der Waals surface area contributed by atoms with Gasteiger partial charge in [-0.15, -0.1) is 0 Å². The van der Waals surface area contributed by atoms with Crippen molar-refractivity contribution >= 4 is 11.9 Å². The van der Waals surface area contributed by atoms with Crippen molar-refractivity contribution < 1.29 is 19.8 Å². The number of amides is 1. The standard InChI is InChI=1S/C14H25NO4/c1-2-3-8-15(9-10-16)12(17)11-14(13(18)19)6-4-5-7-14/h16H,2-11H2,1H3,(H,18,19). The Morgan fingerprint density at radius 2 is 1.84 bits per heavy atom. The number of carboxylic acid groups (broad SMARTS) is 1. The maximum absolute atomic E-state index is 12.3. The van der Waals surface area contributed by atoms with Gasteiger partial charge in [-0.25, -0.2) is 0 Å². The number of aliphatic carboxylic acids is 1. The fraction of sp³-hybridized carbons (Fsp3) is 0.857. The highest BCUT2D eigenvalue weighted by Gasteiger charge is 2.43. The Labute approximate surface area is 114 Å². The van der Waals surface area contributed by atoms with Gasteiger partial charge in [0, 0.05) is 19.5 Å². The molecule has 5 nitrogen and oxygen atoms in total. The maximum atomic E-state index is 12.3. The van der Waals surface area contributed by atoms with E-state index < -0.39 is 11.4 Å². The highest BCUT2D eigenvalue weighted by atomic mass is 16.4. The first-order chi connectivity index (χ1) is 9.05. The third kappa shape index (κ3) is 4.20. The number of carbonyl (C=O) groups is 2. The minimum absolute atomic E-state index is 0.0739. The molecule has 0 radical (unpaired) electrons. The Morgan fingerprint density at radius 1 is 1.21 bits per heavy atom. The number of unbranched alkanes of at least 4 members (excludes halogenated alkanes) is 1. The van der Waals surface area contributed by atoms with Crippen molar-refractivity contribution in [3.05, 3.63) is 0 Å². The molecule has 0 aromatic rings. The molecule has 0 spiro atoms. The largest absolute Gasteiger partial charge is 0.481 e.